The SMILES string of the molecule is CC1Cc2ccccc2N1CCC1CCNCC1. The summed E-state index contributed by atoms with van der Waals surface area (Å²) in [5.74, 6) is 0.936. The lowest BCUT2D eigenvalue weighted by Gasteiger charge is -2.29. The smallest absolute Gasteiger partial charge is 0.0402 e. The monoisotopic (exact) mass is 244 g/mol. The molecule has 1 aromatic rings. The Balaban J connectivity index is 1.62. The maximum Gasteiger partial charge on any atom is 0.0402 e. The van der Waals surface area contributed by atoms with Gasteiger partial charge in [-0.25, -0.2) is 0 Å². The molecular formula is C16H24N2. The Morgan fingerprint density at radius 1 is 1.22 bits per heavy atom. The lowest BCUT2D eigenvalue weighted by Crippen LogP contribution is -2.34. The fraction of sp³-hybridized carbons (Fsp3) is 0.625. The average molecular weight is 244 g/mol. The molecule has 0 amide bonds. The fourth-order valence-corrected chi connectivity index (χ4v) is 3.46. The first-order chi connectivity index (χ1) is 8.84. The summed E-state index contributed by atoms with van der Waals surface area (Å²) in [5.41, 5.74) is 3.02. The van der Waals surface area contributed by atoms with Crippen molar-refractivity contribution in [1.82, 2.24) is 5.32 Å². The summed E-state index contributed by atoms with van der Waals surface area (Å²) >= 11 is 0. The highest BCUT2D eigenvalue weighted by Gasteiger charge is 2.25. The van der Waals surface area contributed by atoms with E-state index in [1.807, 2.05) is 0 Å². The third-order valence-corrected chi connectivity index (χ3v) is 4.59. The molecule has 18 heavy (non-hydrogen) atoms. The summed E-state index contributed by atoms with van der Waals surface area (Å²) in [4.78, 5) is 2.62. The fourth-order valence-electron chi connectivity index (χ4n) is 3.46. The minimum absolute atomic E-state index is 0.684. The van der Waals surface area contributed by atoms with Crippen LogP contribution in [0.5, 0.6) is 0 Å². The quantitative estimate of drug-likeness (QED) is 0.879. The third kappa shape index (κ3) is 2.39. The van der Waals surface area contributed by atoms with E-state index < -0.39 is 0 Å². The van der Waals surface area contributed by atoms with Gasteiger partial charge in [0, 0.05) is 18.3 Å². The van der Waals surface area contributed by atoms with Crippen LogP contribution in [0, 0.1) is 5.92 Å². The van der Waals surface area contributed by atoms with Gasteiger partial charge < -0.3 is 10.2 Å². The topological polar surface area (TPSA) is 15.3 Å². The number of rotatable bonds is 3. The molecule has 98 valence electrons. The van der Waals surface area contributed by atoms with E-state index in [1.54, 1.807) is 0 Å². The Labute approximate surface area is 110 Å². The highest BCUT2D eigenvalue weighted by atomic mass is 15.2. The minimum atomic E-state index is 0.684. The molecule has 1 unspecified atom stereocenters. The molecule has 1 saturated heterocycles. The van der Waals surface area contributed by atoms with Crippen LogP contribution in [0.2, 0.25) is 0 Å². The summed E-state index contributed by atoms with van der Waals surface area (Å²) in [6.45, 7) is 6.04. The number of fused-ring (bicyclic) bond motifs is 1. The van der Waals surface area contributed by atoms with Crippen LogP contribution < -0.4 is 10.2 Å². The van der Waals surface area contributed by atoms with Gasteiger partial charge in [-0.3, -0.25) is 0 Å². The molecule has 1 N–H and O–H groups in total. The van der Waals surface area contributed by atoms with Gasteiger partial charge in [0.15, 0.2) is 0 Å². The normalized spacial score (nSPS) is 24.3. The van der Waals surface area contributed by atoms with Crippen LogP contribution >= 0.6 is 0 Å². The third-order valence-electron chi connectivity index (χ3n) is 4.59. The Morgan fingerprint density at radius 3 is 2.83 bits per heavy atom. The van der Waals surface area contributed by atoms with Crippen LogP contribution in [-0.4, -0.2) is 25.7 Å². The van der Waals surface area contributed by atoms with Crippen LogP contribution in [0.1, 0.15) is 31.7 Å². The van der Waals surface area contributed by atoms with E-state index in [1.165, 1.54) is 56.6 Å². The Kier molecular flexibility index (Phi) is 3.55. The summed E-state index contributed by atoms with van der Waals surface area (Å²) < 4.78 is 0. The molecule has 1 aromatic carbocycles. The van der Waals surface area contributed by atoms with E-state index in [0.29, 0.717) is 6.04 Å². The first-order valence-electron chi connectivity index (χ1n) is 7.40. The first-order valence-corrected chi connectivity index (χ1v) is 7.40. The van der Waals surface area contributed by atoms with Crippen molar-refractivity contribution in [2.75, 3.05) is 24.5 Å². The van der Waals surface area contributed by atoms with E-state index in [2.05, 4.69) is 41.4 Å². The molecule has 0 saturated carbocycles. The lowest BCUT2D eigenvalue weighted by molar-refractivity contribution is 0.353. The maximum absolute atomic E-state index is 3.45. The Bertz CT molecular complexity index is 396. The molecule has 0 spiro atoms. The summed E-state index contributed by atoms with van der Waals surface area (Å²) in [6, 6.07) is 9.61. The van der Waals surface area contributed by atoms with Crippen LogP contribution in [0.4, 0.5) is 5.69 Å². The van der Waals surface area contributed by atoms with Gasteiger partial charge in [-0.2, -0.15) is 0 Å². The van der Waals surface area contributed by atoms with Crippen molar-refractivity contribution in [1.29, 1.82) is 0 Å². The van der Waals surface area contributed by atoms with Crippen molar-refractivity contribution in [3.8, 4) is 0 Å². The second kappa shape index (κ2) is 5.31. The first kappa shape index (κ1) is 12.0. The number of para-hydroxylation sites is 1. The Morgan fingerprint density at radius 2 is 2.00 bits per heavy atom. The molecule has 1 fully saturated rings. The molecule has 2 aliphatic heterocycles. The summed E-state index contributed by atoms with van der Waals surface area (Å²) in [6.07, 6.45) is 5.32. The van der Waals surface area contributed by atoms with E-state index in [0.717, 1.165) is 5.92 Å². The van der Waals surface area contributed by atoms with Gasteiger partial charge in [0.1, 0.15) is 0 Å². The number of piperidine rings is 1. The summed E-state index contributed by atoms with van der Waals surface area (Å²) in [7, 11) is 0. The number of nitrogens with one attached hydrogen (secondary N) is 1. The predicted molar refractivity (Wildman–Crippen MR) is 77.2 cm³/mol. The molecule has 0 bridgehead atoms. The van der Waals surface area contributed by atoms with Crippen molar-refractivity contribution in [2.45, 2.75) is 38.6 Å². The minimum Gasteiger partial charge on any atom is -0.368 e. The zero-order chi connectivity index (χ0) is 12.4. The van der Waals surface area contributed by atoms with Crippen molar-refractivity contribution in [2.24, 2.45) is 5.92 Å². The van der Waals surface area contributed by atoms with Crippen LogP contribution in [0.15, 0.2) is 24.3 Å². The van der Waals surface area contributed by atoms with Crippen molar-refractivity contribution < 1.29 is 0 Å². The van der Waals surface area contributed by atoms with Crippen molar-refractivity contribution >= 4 is 5.69 Å². The van der Waals surface area contributed by atoms with Crippen molar-refractivity contribution in [3.63, 3.8) is 0 Å². The predicted octanol–water partition coefficient (Wildman–Crippen LogP) is 2.83. The Hall–Kier alpha value is -1.02. The van der Waals surface area contributed by atoms with Crippen LogP contribution in [0.25, 0.3) is 0 Å². The summed E-state index contributed by atoms with van der Waals surface area (Å²) in [5, 5.41) is 3.45. The van der Waals surface area contributed by atoms with Gasteiger partial charge in [0.2, 0.25) is 0 Å². The van der Waals surface area contributed by atoms with Gasteiger partial charge >= 0.3 is 0 Å². The highest BCUT2D eigenvalue weighted by Crippen LogP contribution is 2.32. The molecule has 1 atom stereocenters. The van der Waals surface area contributed by atoms with E-state index in [-0.39, 0.29) is 0 Å². The van der Waals surface area contributed by atoms with Crippen LogP contribution in [-0.2, 0) is 6.42 Å². The molecule has 2 heteroatoms. The van der Waals surface area contributed by atoms with E-state index >= 15 is 0 Å². The van der Waals surface area contributed by atoms with E-state index in [9.17, 15) is 0 Å². The van der Waals surface area contributed by atoms with Crippen molar-refractivity contribution in [3.05, 3.63) is 29.8 Å². The molecule has 0 aliphatic carbocycles. The zero-order valence-electron chi connectivity index (χ0n) is 11.4. The number of nitrogens with zero attached hydrogens (tertiary/aromatic N) is 1. The lowest BCUT2D eigenvalue weighted by atomic mass is 9.94. The molecule has 2 nitrogen and oxygen atoms in total. The van der Waals surface area contributed by atoms with Gasteiger partial charge in [-0.1, -0.05) is 18.2 Å². The van der Waals surface area contributed by atoms with Gasteiger partial charge in [0.25, 0.3) is 0 Å². The number of hydrogen-bond acceptors (Lipinski definition) is 2. The van der Waals surface area contributed by atoms with E-state index in [4.69, 9.17) is 0 Å². The zero-order valence-corrected chi connectivity index (χ0v) is 11.4. The molecule has 0 aromatic heterocycles. The van der Waals surface area contributed by atoms with Gasteiger partial charge in [-0.05, 0) is 63.2 Å². The van der Waals surface area contributed by atoms with Gasteiger partial charge in [-0.15, -0.1) is 0 Å². The molecule has 3 rings (SSSR count). The van der Waals surface area contributed by atoms with Crippen LogP contribution in [0.3, 0.4) is 0 Å². The molecule has 2 aliphatic rings. The number of hydrogen-bond donors (Lipinski definition) is 1. The maximum atomic E-state index is 3.45. The largest absolute Gasteiger partial charge is 0.368 e. The molecular weight excluding hydrogens is 220 g/mol. The highest BCUT2D eigenvalue weighted by molar-refractivity contribution is 5.59. The second-order valence-electron chi connectivity index (χ2n) is 5.86. The average Bonchev–Trinajstić information content (AvgIpc) is 2.73. The molecule has 0 radical (unpaired) electrons. The van der Waals surface area contributed by atoms with Gasteiger partial charge in [0.05, 0.1) is 0 Å². The molecule has 2 heterocycles. The number of benzene rings is 1. The second-order valence-corrected chi connectivity index (χ2v) is 5.86. The standard InChI is InChI=1S/C16H24N2/c1-13-12-15-4-2-3-5-16(15)18(13)11-8-14-6-9-17-10-7-14/h2-5,13-14,17H,6-12H2,1H3. The number of anilines is 1.